The topological polar surface area (TPSA) is 109 Å². The first kappa shape index (κ1) is 21.9. The number of hydrogen-bond acceptors (Lipinski definition) is 9. The van der Waals surface area contributed by atoms with Crippen molar-refractivity contribution in [3.63, 3.8) is 0 Å². The molecule has 0 unspecified atom stereocenters. The highest BCUT2D eigenvalue weighted by Gasteiger charge is 2.29. The number of aromatic nitrogens is 7. The van der Waals surface area contributed by atoms with Crippen LogP contribution in [0.25, 0.3) is 27.9 Å². The molecule has 37 heavy (non-hydrogen) atoms. The highest BCUT2D eigenvalue weighted by atomic mass is 19.1. The SMILES string of the molecule is Fc1cc(F)c2nc(Nc3cc(-c4nc(N5CCNCC5)c5c(C6CC6)cncc5n4)ccn3)nn2c1. The van der Waals surface area contributed by atoms with Crippen LogP contribution in [-0.4, -0.2) is 60.7 Å². The monoisotopic (exact) mass is 500 g/mol. The van der Waals surface area contributed by atoms with Gasteiger partial charge in [-0.2, -0.15) is 4.98 Å². The van der Waals surface area contributed by atoms with Gasteiger partial charge in [-0.1, -0.05) is 0 Å². The Morgan fingerprint density at radius 2 is 1.89 bits per heavy atom. The van der Waals surface area contributed by atoms with Crippen LogP contribution in [-0.2, 0) is 0 Å². The number of halogens is 2. The normalized spacial score (nSPS) is 16.0. The highest BCUT2D eigenvalue weighted by molar-refractivity contribution is 5.94. The van der Waals surface area contributed by atoms with Crippen molar-refractivity contribution in [3.8, 4) is 11.4 Å². The van der Waals surface area contributed by atoms with Gasteiger partial charge in [0.25, 0.3) is 0 Å². The molecule has 186 valence electrons. The lowest BCUT2D eigenvalue weighted by molar-refractivity contribution is 0.572. The average Bonchev–Trinajstić information content (AvgIpc) is 3.68. The third-order valence-electron chi connectivity index (χ3n) is 6.66. The molecule has 2 aliphatic rings. The van der Waals surface area contributed by atoms with Gasteiger partial charge in [-0.05, 0) is 36.5 Å². The molecule has 5 aromatic rings. The van der Waals surface area contributed by atoms with Gasteiger partial charge in [0.15, 0.2) is 17.3 Å². The lowest BCUT2D eigenvalue weighted by Gasteiger charge is -2.30. The number of nitrogens with one attached hydrogen (secondary N) is 2. The minimum Gasteiger partial charge on any atom is -0.353 e. The van der Waals surface area contributed by atoms with Gasteiger partial charge < -0.3 is 15.5 Å². The zero-order valence-electron chi connectivity index (χ0n) is 19.7. The van der Waals surface area contributed by atoms with Gasteiger partial charge in [0.1, 0.15) is 17.5 Å². The van der Waals surface area contributed by atoms with Crippen LogP contribution < -0.4 is 15.5 Å². The molecular weight excluding hydrogens is 478 g/mol. The summed E-state index contributed by atoms with van der Waals surface area (Å²) in [5.74, 6) is 0.968. The van der Waals surface area contributed by atoms with Crippen LogP contribution >= 0.6 is 0 Å². The Morgan fingerprint density at radius 1 is 1.03 bits per heavy atom. The fourth-order valence-electron chi connectivity index (χ4n) is 4.75. The van der Waals surface area contributed by atoms with Crippen molar-refractivity contribution < 1.29 is 8.78 Å². The lowest BCUT2D eigenvalue weighted by atomic mass is 10.1. The van der Waals surface area contributed by atoms with E-state index in [0.717, 1.165) is 78.1 Å². The number of anilines is 3. The van der Waals surface area contributed by atoms with Crippen molar-refractivity contribution in [1.82, 2.24) is 39.9 Å². The van der Waals surface area contributed by atoms with E-state index in [4.69, 9.17) is 9.97 Å². The summed E-state index contributed by atoms with van der Waals surface area (Å²) >= 11 is 0. The number of piperazine rings is 1. The molecule has 1 saturated carbocycles. The van der Waals surface area contributed by atoms with Gasteiger partial charge in [-0.25, -0.2) is 28.2 Å². The van der Waals surface area contributed by atoms with Gasteiger partial charge in [-0.3, -0.25) is 4.98 Å². The van der Waals surface area contributed by atoms with E-state index in [9.17, 15) is 8.78 Å². The molecule has 0 spiro atoms. The Kier molecular flexibility index (Phi) is 5.13. The summed E-state index contributed by atoms with van der Waals surface area (Å²) in [5, 5.41) is 11.6. The molecule has 1 aliphatic carbocycles. The maximum atomic E-state index is 14.0. The largest absolute Gasteiger partial charge is 0.353 e. The van der Waals surface area contributed by atoms with Crippen LogP contribution in [0, 0.1) is 11.6 Å². The number of nitrogens with zero attached hydrogens (tertiary/aromatic N) is 8. The molecule has 12 heteroatoms. The minimum absolute atomic E-state index is 0.0856. The Labute approximate surface area is 209 Å². The number of fused-ring (bicyclic) bond motifs is 2. The number of pyridine rings is 3. The number of rotatable bonds is 5. The predicted molar refractivity (Wildman–Crippen MR) is 134 cm³/mol. The quantitative estimate of drug-likeness (QED) is 0.375. The van der Waals surface area contributed by atoms with Crippen molar-refractivity contribution in [3.05, 3.63) is 60.2 Å². The van der Waals surface area contributed by atoms with E-state index in [1.165, 1.54) is 5.56 Å². The molecule has 7 rings (SSSR count). The van der Waals surface area contributed by atoms with Crippen LogP contribution in [0.5, 0.6) is 0 Å². The van der Waals surface area contributed by atoms with Crippen LogP contribution in [0.15, 0.2) is 43.0 Å². The fraction of sp³-hybridized carbons (Fsp3) is 0.280. The van der Waals surface area contributed by atoms with E-state index in [1.54, 1.807) is 18.5 Å². The molecule has 0 atom stereocenters. The van der Waals surface area contributed by atoms with Gasteiger partial charge in [0.05, 0.1) is 17.9 Å². The maximum absolute atomic E-state index is 14.0. The average molecular weight is 501 g/mol. The van der Waals surface area contributed by atoms with Gasteiger partial charge in [0, 0.05) is 55.6 Å². The van der Waals surface area contributed by atoms with Gasteiger partial charge >= 0.3 is 0 Å². The van der Waals surface area contributed by atoms with Crippen LogP contribution in [0.1, 0.15) is 24.3 Å². The third-order valence-corrected chi connectivity index (χ3v) is 6.66. The van der Waals surface area contributed by atoms with Crippen molar-refractivity contribution in [1.29, 1.82) is 0 Å². The van der Waals surface area contributed by atoms with Crippen molar-refractivity contribution in [2.75, 3.05) is 36.4 Å². The molecule has 5 aromatic heterocycles. The van der Waals surface area contributed by atoms with E-state index in [0.29, 0.717) is 17.6 Å². The Bertz CT molecular complexity index is 1640. The molecular formula is C25H22F2N10. The van der Waals surface area contributed by atoms with Crippen molar-refractivity contribution >= 4 is 34.1 Å². The first-order chi connectivity index (χ1) is 18.1. The van der Waals surface area contributed by atoms with Gasteiger partial charge in [-0.15, -0.1) is 5.10 Å². The molecule has 10 nitrogen and oxygen atoms in total. The van der Waals surface area contributed by atoms with E-state index in [1.807, 2.05) is 12.3 Å². The molecule has 0 bridgehead atoms. The summed E-state index contributed by atoms with van der Waals surface area (Å²) in [4.78, 5) is 25.2. The summed E-state index contributed by atoms with van der Waals surface area (Å²) in [7, 11) is 0. The first-order valence-corrected chi connectivity index (χ1v) is 12.2. The summed E-state index contributed by atoms with van der Waals surface area (Å²) in [5.41, 5.74) is 2.69. The van der Waals surface area contributed by atoms with Crippen LogP contribution in [0.2, 0.25) is 0 Å². The fourth-order valence-corrected chi connectivity index (χ4v) is 4.75. The minimum atomic E-state index is -0.800. The maximum Gasteiger partial charge on any atom is 0.248 e. The van der Waals surface area contributed by atoms with Crippen molar-refractivity contribution in [2.24, 2.45) is 0 Å². The molecule has 6 heterocycles. The molecule has 0 radical (unpaired) electrons. The summed E-state index contributed by atoms with van der Waals surface area (Å²) in [6, 6.07) is 4.38. The second-order valence-corrected chi connectivity index (χ2v) is 9.27. The summed E-state index contributed by atoms with van der Waals surface area (Å²) in [6.45, 7) is 3.50. The Morgan fingerprint density at radius 3 is 2.73 bits per heavy atom. The van der Waals surface area contributed by atoms with Crippen molar-refractivity contribution in [2.45, 2.75) is 18.8 Å². The molecule has 1 saturated heterocycles. The molecule has 2 fully saturated rings. The van der Waals surface area contributed by atoms with Crippen LogP contribution in [0.4, 0.5) is 26.4 Å². The number of hydrogen-bond donors (Lipinski definition) is 2. The van der Waals surface area contributed by atoms with Gasteiger partial charge in [0.2, 0.25) is 5.95 Å². The van der Waals surface area contributed by atoms with E-state index >= 15 is 0 Å². The second kappa shape index (κ2) is 8.66. The van der Waals surface area contributed by atoms with E-state index in [2.05, 4.69) is 35.6 Å². The molecule has 1 aliphatic heterocycles. The summed E-state index contributed by atoms with van der Waals surface area (Å²) in [6.07, 6.45) is 8.77. The van der Waals surface area contributed by atoms with E-state index in [-0.39, 0.29) is 11.6 Å². The summed E-state index contributed by atoms with van der Waals surface area (Å²) < 4.78 is 28.6. The van der Waals surface area contributed by atoms with E-state index < -0.39 is 11.6 Å². The Hall–Kier alpha value is -4.32. The highest BCUT2D eigenvalue weighted by Crippen LogP contribution is 2.44. The molecule has 0 aromatic carbocycles. The standard InChI is InChI=1S/C25H22F2N10/c26-16-10-18(27)23-34-25(35-37(23)13-16)32-20-9-15(3-4-30-20)22-31-19-12-29-11-17(14-1-2-14)21(19)24(33-22)36-7-5-28-6-8-36/h3-4,9-14,28H,1-2,5-8H2,(H,30,32,35). The zero-order chi connectivity index (χ0) is 24.9. The third kappa shape index (κ3) is 4.08. The second-order valence-electron chi connectivity index (χ2n) is 9.27. The smallest absolute Gasteiger partial charge is 0.248 e. The van der Waals surface area contributed by atoms with Crippen LogP contribution in [0.3, 0.4) is 0 Å². The predicted octanol–water partition coefficient (Wildman–Crippen LogP) is 3.44. The molecule has 0 amide bonds. The Balaban J connectivity index is 1.29. The first-order valence-electron chi connectivity index (χ1n) is 12.2. The zero-order valence-corrected chi connectivity index (χ0v) is 19.7. The lowest BCUT2D eigenvalue weighted by Crippen LogP contribution is -2.44. The molecule has 2 N–H and O–H groups in total.